The molecular formula is C20H27N3OS. The second kappa shape index (κ2) is 9.49. The largest absolute Gasteiger partial charge is 0.497 e. The molecule has 0 aliphatic carbocycles. The summed E-state index contributed by atoms with van der Waals surface area (Å²) in [4.78, 5) is 5.41. The number of hydrogen-bond donors (Lipinski definition) is 1. The van der Waals surface area contributed by atoms with E-state index in [2.05, 4.69) is 53.2 Å². The SMILES string of the molecule is C=C(NC)[C@@H](C(C)C)N(Cc1cccnc1)Sc1ccc(OC)cc1. The summed E-state index contributed by atoms with van der Waals surface area (Å²) in [5, 5.41) is 3.23. The lowest BCUT2D eigenvalue weighted by Gasteiger charge is -2.34. The first kappa shape index (κ1) is 19.3. The van der Waals surface area contributed by atoms with E-state index >= 15 is 0 Å². The highest BCUT2D eigenvalue weighted by molar-refractivity contribution is 7.97. The summed E-state index contributed by atoms with van der Waals surface area (Å²) < 4.78 is 7.62. The summed E-state index contributed by atoms with van der Waals surface area (Å²) in [7, 11) is 3.61. The summed E-state index contributed by atoms with van der Waals surface area (Å²) in [6.07, 6.45) is 3.72. The molecule has 1 N–H and O–H groups in total. The number of nitrogens with one attached hydrogen (secondary N) is 1. The molecule has 0 spiro atoms. The summed E-state index contributed by atoms with van der Waals surface area (Å²) in [6.45, 7) is 9.45. The van der Waals surface area contributed by atoms with Crippen LogP contribution in [0.1, 0.15) is 19.4 Å². The second-order valence-corrected chi connectivity index (χ2v) is 7.29. The number of methoxy groups -OCH3 is 1. The van der Waals surface area contributed by atoms with E-state index in [1.807, 2.05) is 31.4 Å². The summed E-state index contributed by atoms with van der Waals surface area (Å²) in [5.41, 5.74) is 2.19. The minimum absolute atomic E-state index is 0.192. The Bertz CT molecular complexity index is 658. The van der Waals surface area contributed by atoms with Crippen LogP contribution >= 0.6 is 11.9 Å². The number of hydrogen-bond acceptors (Lipinski definition) is 5. The zero-order valence-corrected chi connectivity index (χ0v) is 16.2. The molecule has 2 rings (SSSR count). The van der Waals surface area contributed by atoms with Gasteiger partial charge in [0.25, 0.3) is 0 Å². The fourth-order valence-electron chi connectivity index (χ4n) is 2.69. The van der Waals surface area contributed by atoms with Crippen LogP contribution in [0.25, 0.3) is 0 Å². The first-order chi connectivity index (χ1) is 12.0. The Balaban J connectivity index is 2.27. The molecule has 0 saturated heterocycles. The monoisotopic (exact) mass is 357 g/mol. The number of rotatable bonds is 9. The molecule has 0 saturated carbocycles. The second-order valence-electron chi connectivity index (χ2n) is 6.17. The lowest BCUT2D eigenvalue weighted by molar-refractivity contribution is 0.302. The summed E-state index contributed by atoms with van der Waals surface area (Å²) in [5.74, 6) is 1.28. The lowest BCUT2D eigenvalue weighted by Crippen LogP contribution is -2.38. The van der Waals surface area contributed by atoms with Crippen LogP contribution in [-0.2, 0) is 6.54 Å². The first-order valence-electron chi connectivity index (χ1n) is 8.39. The molecule has 0 bridgehead atoms. The van der Waals surface area contributed by atoms with E-state index in [9.17, 15) is 0 Å². The molecule has 0 aliphatic rings. The van der Waals surface area contributed by atoms with Gasteiger partial charge in [0.15, 0.2) is 0 Å². The molecule has 1 aromatic carbocycles. The van der Waals surface area contributed by atoms with Crippen molar-refractivity contribution < 1.29 is 4.74 Å². The van der Waals surface area contributed by atoms with Crippen LogP contribution in [0, 0.1) is 5.92 Å². The van der Waals surface area contributed by atoms with Crippen molar-refractivity contribution >= 4 is 11.9 Å². The van der Waals surface area contributed by atoms with Gasteiger partial charge in [0.05, 0.1) is 13.2 Å². The third kappa shape index (κ3) is 5.51. The fraction of sp³-hybridized carbons (Fsp3) is 0.350. The van der Waals surface area contributed by atoms with Crippen molar-refractivity contribution in [3.63, 3.8) is 0 Å². The maximum atomic E-state index is 5.26. The van der Waals surface area contributed by atoms with Crippen molar-refractivity contribution in [2.24, 2.45) is 5.92 Å². The molecule has 1 heterocycles. The molecule has 1 aromatic heterocycles. The van der Waals surface area contributed by atoms with Gasteiger partial charge in [-0.2, -0.15) is 0 Å². The molecule has 25 heavy (non-hydrogen) atoms. The maximum Gasteiger partial charge on any atom is 0.118 e. The minimum Gasteiger partial charge on any atom is -0.497 e. The van der Waals surface area contributed by atoms with E-state index in [0.29, 0.717) is 5.92 Å². The number of benzene rings is 1. The van der Waals surface area contributed by atoms with Crippen LogP contribution in [0.2, 0.25) is 0 Å². The van der Waals surface area contributed by atoms with Gasteiger partial charge in [0.2, 0.25) is 0 Å². The van der Waals surface area contributed by atoms with Gasteiger partial charge >= 0.3 is 0 Å². The average Bonchev–Trinajstić information content (AvgIpc) is 2.62. The predicted molar refractivity (Wildman–Crippen MR) is 105 cm³/mol. The highest BCUT2D eigenvalue weighted by atomic mass is 32.2. The smallest absolute Gasteiger partial charge is 0.118 e. The highest BCUT2D eigenvalue weighted by Gasteiger charge is 2.25. The van der Waals surface area contributed by atoms with E-state index < -0.39 is 0 Å². The molecule has 0 radical (unpaired) electrons. The van der Waals surface area contributed by atoms with Gasteiger partial charge < -0.3 is 10.1 Å². The number of nitrogens with zero attached hydrogens (tertiary/aromatic N) is 2. The van der Waals surface area contributed by atoms with Gasteiger partial charge in [-0.3, -0.25) is 4.98 Å². The number of likely N-dealkylation sites (N-methyl/N-ethyl adjacent to an activating group) is 1. The first-order valence-corrected chi connectivity index (χ1v) is 9.16. The van der Waals surface area contributed by atoms with Gasteiger partial charge in [-0.25, -0.2) is 4.31 Å². The van der Waals surface area contributed by atoms with Crippen molar-refractivity contribution in [2.45, 2.75) is 31.3 Å². The average molecular weight is 358 g/mol. The van der Waals surface area contributed by atoms with Gasteiger partial charge in [0.1, 0.15) is 5.75 Å². The fourth-order valence-corrected chi connectivity index (χ4v) is 3.91. The van der Waals surface area contributed by atoms with Crippen LogP contribution in [0.15, 0.2) is 66.0 Å². The van der Waals surface area contributed by atoms with Crippen LogP contribution in [-0.4, -0.2) is 29.5 Å². The Kier molecular flexibility index (Phi) is 7.34. The van der Waals surface area contributed by atoms with Gasteiger partial charge in [-0.15, -0.1) is 0 Å². The minimum atomic E-state index is 0.192. The van der Waals surface area contributed by atoms with Crippen LogP contribution in [0.3, 0.4) is 0 Å². The van der Waals surface area contributed by atoms with Gasteiger partial charge in [-0.05, 0) is 53.8 Å². The van der Waals surface area contributed by atoms with Gasteiger partial charge in [0, 0.05) is 36.6 Å². The Morgan fingerprint density at radius 1 is 1.28 bits per heavy atom. The number of ether oxygens (including phenoxy) is 1. The van der Waals surface area contributed by atoms with Crippen LogP contribution in [0.5, 0.6) is 5.75 Å². The van der Waals surface area contributed by atoms with Gasteiger partial charge in [-0.1, -0.05) is 26.5 Å². The highest BCUT2D eigenvalue weighted by Crippen LogP contribution is 2.32. The molecule has 0 aliphatic heterocycles. The predicted octanol–water partition coefficient (Wildman–Crippen LogP) is 4.36. The molecule has 2 aromatic rings. The third-order valence-electron chi connectivity index (χ3n) is 3.96. The van der Waals surface area contributed by atoms with Crippen molar-refractivity contribution in [1.82, 2.24) is 14.6 Å². The summed E-state index contributed by atoms with van der Waals surface area (Å²) in [6, 6.07) is 12.4. The molecular weight excluding hydrogens is 330 g/mol. The molecule has 0 amide bonds. The zero-order valence-electron chi connectivity index (χ0n) is 15.4. The Hall–Kier alpha value is -1.98. The lowest BCUT2D eigenvalue weighted by atomic mass is 10.0. The maximum absolute atomic E-state index is 5.26. The number of aromatic nitrogens is 1. The van der Waals surface area contributed by atoms with E-state index in [-0.39, 0.29) is 6.04 Å². The molecule has 134 valence electrons. The third-order valence-corrected chi connectivity index (χ3v) is 5.04. The topological polar surface area (TPSA) is 37.4 Å². The molecule has 0 unspecified atom stereocenters. The Morgan fingerprint density at radius 3 is 2.52 bits per heavy atom. The van der Waals surface area contributed by atoms with E-state index in [1.165, 1.54) is 10.5 Å². The van der Waals surface area contributed by atoms with Crippen molar-refractivity contribution in [3.05, 3.63) is 66.6 Å². The van der Waals surface area contributed by atoms with Crippen molar-refractivity contribution in [3.8, 4) is 5.75 Å². The van der Waals surface area contributed by atoms with E-state index in [0.717, 1.165) is 18.0 Å². The van der Waals surface area contributed by atoms with E-state index in [1.54, 1.807) is 25.3 Å². The quantitative estimate of drug-likeness (QED) is 0.675. The van der Waals surface area contributed by atoms with Crippen molar-refractivity contribution in [1.29, 1.82) is 0 Å². The van der Waals surface area contributed by atoms with E-state index in [4.69, 9.17) is 4.74 Å². The summed E-state index contributed by atoms with van der Waals surface area (Å²) >= 11 is 1.73. The Morgan fingerprint density at radius 2 is 2.00 bits per heavy atom. The Labute approximate surface area is 155 Å². The zero-order chi connectivity index (χ0) is 18.2. The normalized spacial score (nSPS) is 12.2. The van der Waals surface area contributed by atoms with Crippen molar-refractivity contribution in [2.75, 3.05) is 14.2 Å². The number of pyridine rings is 1. The molecule has 1 atom stereocenters. The molecule has 0 fully saturated rings. The molecule has 4 nitrogen and oxygen atoms in total. The standard InChI is InChI=1S/C20H27N3OS/c1-15(2)20(16(3)21-4)23(14-17-7-6-12-22-13-17)25-19-10-8-18(24-5)9-11-19/h6-13,15,20-21H,3,14H2,1-2,4-5H3/t20-/m1/s1. The van der Waals surface area contributed by atoms with Crippen LogP contribution in [0.4, 0.5) is 0 Å². The van der Waals surface area contributed by atoms with Crippen LogP contribution < -0.4 is 10.1 Å². The molecule has 5 heteroatoms.